The van der Waals surface area contributed by atoms with Crippen LogP contribution in [0, 0.1) is 0 Å². The van der Waals surface area contributed by atoms with Crippen molar-refractivity contribution in [1.82, 2.24) is 10.9 Å². The predicted octanol–water partition coefficient (Wildman–Crippen LogP) is 2.77. The third-order valence-electron chi connectivity index (χ3n) is 3.45. The highest BCUT2D eigenvalue weighted by Gasteiger charge is 2.19. The van der Waals surface area contributed by atoms with Crippen LogP contribution in [-0.2, 0) is 11.2 Å². The van der Waals surface area contributed by atoms with Gasteiger partial charge in [-0.2, -0.15) is 0 Å². The first kappa shape index (κ1) is 17.4. The van der Waals surface area contributed by atoms with E-state index in [-0.39, 0.29) is 22.9 Å². The summed E-state index contributed by atoms with van der Waals surface area (Å²) in [6.45, 7) is 0.783. The number of carbonyl (C=O) groups excluding carboxylic acids is 2. The minimum atomic E-state index is -0.511. The van der Waals surface area contributed by atoms with Crippen molar-refractivity contribution >= 4 is 35.0 Å². The summed E-state index contributed by atoms with van der Waals surface area (Å²) >= 11 is 11.9. The summed E-state index contributed by atoms with van der Waals surface area (Å²) in [6, 6.07) is 9.84. The van der Waals surface area contributed by atoms with Gasteiger partial charge < -0.3 is 9.47 Å². The number of hydrogen-bond donors (Lipinski definition) is 2. The molecule has 8 heteroatoms. The Morgan fingerprint density at radius 2 is 1.72 bits per heavy atom. The molecule has 25 heavy (non-hydrogen) atoms. The molecule has 0 radical (unpaired) electrons. The van der Waals surface area contributed by atoms with Crippen molar-refractivity contribution in [2.45, 2.75) is 6.42 Å². The normalized spacial score (nSPS) is 12.4. The van der Waals surface area contributed by atoms with Crippen LogP contribution in [0.2, 0.25) is 10.0 Å². The standard InChI is InChI=1S/C17H14Cl2N2O4/c18-12-3-1-10(2-4-12)7-15(22)20-21-17(23)11-8-13(19)16-14(9-11)24-5-6-25-16/h1-4,8-9H,5-7H2,(H,20,22)(H,21,23). The molecule has 2 N–H and O–H groups in total. The molecule has 0 fully saturated rings. The Labute approximate surface area is 154 Å². The molecule has 0 aromatic heterocycles. The van der Waals surface area contributed by atoms with E-state index < -0.39 is 5.91 Å². The lowest BCUT2D eigenvalue weighted by Gasteiger charge is -2.20. The number of benzene rings is 2. The molecule has 6 nitrogen and oxygen atoms in total. The van der Waals surface area contributed by atoms with Crippen molar-refractivity contribution in [3.63, 3.8) is 0 Å². The number of hydrazine groups is 1. The van der Waals surface area contributed by atoms with Crippen LogP contribution in [0.5, 0.6) is 11.5 Å². The maximum Gasteiger partial charge on any atom is 0.269 e. The molecule has 2 amide bonds. The minimum absolute atomic E-state index is 0.110. The number of halogens is 2. The largest absolute Gasteiger partial charge is 0.486 e. The predicted molar refractivity (Wildman–Crippen MR) is 93.2 cm³/mol. The highest BCUT2D eigenvalue weighted by molar-refractivity contribution is 6.32. The molecule has 130 valence electrons. The van der Waals surface area contributed by atoms with E-state index in [4.69, 9.17) is 32.7 Å². The molecule has 0 saturated heterocycles. The Balaban J connectivity index is 1.59. The first-order valence-electron chi connectivity index (χ1n) is 7.45. The van der Waals surface area contributed by atoms with E-state index in [9.17, 15) is 9.59 Å². The van der Waals surface area contributed by atoms with Crippen molar-refractivity contribution in [3.05, 3.63) is 57.6 Å². The molecule has 2 aromatic rings. The quantitative estimate of drug-likeness (QED) is 0.802. The first-order valence-corrected chi connectivity index (χ1v) is 8.21. The van der Waals surface area contributed by atoms with Gasteiger partial charge in [0.05, 0.1) is 11.4 Å². The molecule has 3 rings (SSSR count). The van der Waals surface area contributed by atoms with Gasteiger partial charge in [-0.15, -0.1) is 0 Å². The SMILES string of the molecule is O=C(Cc1ccc(Cl)cc1)NNC(=O)c1cc(Cl)c2c(c1)OCCO2. The number of nitrogens with one attached hydrogen (secondary N) is 2. The number of rotatable bonds is 3. The van der Waals surface area contributed by atoms with E-state index in [0.29, 0.717) is 29.7 Å². The molecule has 1 heterocycles. The summed E-state index contributed by atoms with van der Waals surface area (Å²) in [5.74, 6) is -0.0599. The smallest absolute Gasteiger partial charge is 0.269 e. The van der Waals surface area contributed by atoms with Gasteiger partial charge in [0, 0.05) is 10.6 Å². The van der Waals surface area contributed by atoms with E-state index in [0.717, 1.165) is 5.56 Å². The Hall–Kier alpha value is -2.44. The number of carbonyl (C=O) groups is 2. The average Bonchev–Trinajstić information content (AvgIpc) is 2.61. The molecule has 0 aliphatic carbocycles. The van der Waals surface area contributed by atoms with Gasteiger partial charge in [0.1, 0.15) is 13.2 Å². The first-order chi connectivity index (χ1) is 12.0. The van der Waals surface area contributed by atoms with Crippen molar-refractivity contribution in [1.29, 1.82) is 0 Å². The lowest BCUT2D eigenvalue weighted by molar-refractivity contribution is -0.121. The van der Waals surface area contributed by atoms with Gasteiger partial charge in [0.15, 0.2) is 11.5 Å². The monoisotopic (exact) mass is 380 g/mol. The van der Waals surface area contributed by atoms with Gasteiger partial charge in [-0.3, -0.25) is 20.4 Å². The Kier molecular flexibility index (Phi) is 5.31. The van der Waals surface area contributed by atoms with Crippen molar-refractivity contribution in [3.8, 4) is 11.5 Å². The van der Waals surface area contributed by atoms with Gasteiger partial charge in [-0.25, -0.2) is 0 Å². The third kappa shape index (κ3) is 4.35. The Bertz CT molecular complexity index is 809. The zero-order valence-corrected chi connectivity index (χ0v) is 14.5. The van der Waals surface area contributed by atoms with Crippen LogP contribution < -0.4 is 20.3 Å². The van der Waals surface area contributed by atoms with Crippen LogP contribution >= 0.6 is 23.2 Å². The fourth-order valence-corrected chi connectivity index (χ4v) is 2.66. The number of amides is 2. The summed E-state index contributed by atoms with van der Waals surface area (Å²) in [6.07, 6.45) is 0.110. The topological polar surface area (TPSA) is 76.7 Å². The van der Waals surface area contributed by atoms with E-state index in [2.05, 4.69) is 10.9 Å². The van der Waals surface area contributed by atoms with Crippen molar-refractivity contribution < 1.29 is 19.1 Å². The van der Waals surface area contributed by atoms with Gasteiger partial charge in [-0.05, 0) is 29.8 Å². The van der Waals surface area contributed by atoms with Crippen molar-refractivity contribution in [2.75, 3.05) is 13.2 Å². The zero-order chi connectivity index (χ0) is 17.8. The number of fused-ring (bicyclic) bond motifs is 1. The van der Waals surface area contributed by atoms with Crippen molar-refractivity contribution in [2.24, 2.45) is 0 Å². The summed E-state index contributed by atoms with van der Waals surface area (Å²) in [7, 11) is 0. The van der Waals surface area contributed by atoms with Crippen LogP contribution in [0.15, 0.2) is 36.4 Å². The molecule has 0 unspecified atom stereocenters. The van der Waals surface area contributed by atoms with E-state index in [1.807, 2.05) is 0 Å². The summed E-state index contributed by atoms with van der Waals surface area (Å²) in [4.78, 5) is 24.1. The van der Waals surface area contributed by atoms with Gasteiger partial charge in [0.2, 0.25) is 5.91 Å². The highest BCUT2D eigenvalue weighted by atomic mass is 35.5. The molecular weight excluding hydrogens is 367 g/mol. The molecule has 1 aliphatic rings. The second kappa shape index (κ2) is 7.63. The second-order valence-electron chi connectivity index (χ2n) is 5.29. The van der Waals surface area contributed by atoms with Crippen LogP contribution in [0.4, 0.5) is 0 Å². The number of hydrogen-bond acceptors (Lipinski definition) is 4. The number of ether oxygens (including phenoxy) is 2. The van der Waals surface area contributed by atoms with Crippen LogP contribution in [0.25, 0.3) is 0 Å². The molecular formula is C17H14Cl2N2O4. The molecule has 0 bridgehead atoms. The average molecular weight is 381 g/mol. The minimum Gasteiger partial charge on any atom is -0.486 e. The van der Waals surface area contributed by atoms with Crippen LogP contribution in [0.3, 0.4) is 0 Å². The van der Waals surface area contributed by atoms with Gasteiger partial charge >= 0.3 is 0 Å². The van der Waals surface area contributed by atoms with E-state index in [1.54, 1.807) is 24.3 Å². The summed E-state index contributed by atoms with van der Waals surface area (Å²) < 4.78 is 10.8. The maximum atomic E-state index is 12.2. The summed E-state index contributed by atoms with van der Waals surface area (Å²) in [5, 5.41) is 0.864. The molecule has 1 aliphatic heterocycles. The van der Waals surface area contributed by atoms with E-state index in [1.165, 1.54) is 12.1 Å². The molecule has 2 aromatic carbocycles. The Morgan fingerprint density at radius 3 is 2.48 bits per heavy atom. The summed E-state index contributed by atoms with van der Waals surface area (Å²) in [5.41, 5.74) is 5.73. The lowest BCUT2D eigenvalue weighted by Crippen LogP contribution is -2.42. The van der Waals surface area contributed by atoms with Gasteiger partial charge in [0.25, 0.3) is 5.91 Å². The highest BCUT2D eigenvalue weighted by Crippen LogP contribution is 2.38. The zero-order valence-electron chi connectivity index (χ0n) is 13.0. The molecule has 0 saturated carbocycles. The Morgan fingerprint density at radius 1 is 1.00 bits per heavy atom. The van der Waals surface area contributed by atoms with E-state index >= 15 is 0 Å². The van der Waals surface area contributed by atoms with Gasteiger partial charge in [-0.1, -0.05) is 35.3 Å². The van der Waals surface area contributed by atoms with Crippen LogP contribution in [-0.4, -0.2) is 25.0 Å². The third-order valence-corrected chi connectivity index (χ3v) is 3.99. The van der Waals surface area contributed by atoms with Crippen LogP contribution in [0.1, 0.15) is 15.9 Å². The fourth-order valence-electron chi connectivity index (χ4n) is 2.27. The molecule has 0 atom stereocenters. The lowest BCUT2D eigenvalue weighted by atomic mass is 10.1. The second-order valence-corrected chi connectivity index (χ2v) is 6.13. The molecule has 0 spiro atoms. The fraction of sp³-hybridized carbons (Fsp3) is 0.176. The maximum absolute atomic E-state index is 12.2.